The van der Waals surface area contributed by atoms with Crippen LogP contribution in [-0.4, -0.2) is 22.9 Å². The number of hydrogen-bond acceptors (Lipinski definition) is 2. The average Bonchev–Trinajstić information content (AvgIpc) is 2.59. The van der Waals surface area contributed by atoms with E-state index in [1.54, 1.807) is 0 Å². The van der Waals surface area contributed by atoms with E-state index in [1.807, 2.05) is 17.9 Å². The second-order valence-electron chi connectivity index (χ2n) is 4.74. The summed E-state index contributed by atoms with van der Waals surface area (Å²) in [7, 11) is 1.97. The molecule has 0 fully saturated rings. The second kappa shape index (κ2) is 5.91. The molecule has 0 saturated heterocycles. The maximum Gasteiger partial charge on any atom is 0.0524 e. The molecule has 1 atom stereocenters. The van der Waals surface area contributed by atoms with Gasteiger partial charge in [-0.25, -0.2) is 0 Å². The Labute approximate surface area is 92.9 Å². The molecular weight excluding hydrogens is 186 g/mol. The lowest BCUT2D eigenvalue weighted by Crippen LogP contribution is -2.21. The van der Waals surface area contributed by atoms with E-state index in [-0.39, 0.29) is 0 Å². The molecule has 1 aromatic heterocycles. The normalized spacial score (nSPS) is 13.4. The smallest absolute Gasteiger partial charge is 0.0524 e. The molecule has 1 aromatic rings. The SMILES string of the molecule is CC(C)CNCCC(C)c1cnn(C)c1. The number of rotatable bonds is 6. The maximum atomic E-state index is 4.19. The fourth-order valence-corrected chi connectivity index (χ4v) is 1.57. The van der Waals surface area contributed by atoms with Gasteiger partial charge < -0.3 is 5.32 Å². The van der Waals surface area contributed by atoms with Gasteiger partial charge in [-0.15, -0.1) is 0 Å². The fourth-order valence-electron chi connectivity index (χ4n) is 1.57. The third-order valence-electron chi connectivity index (χ3n) is 2.60. The molecule has 0 aromatic carbocycles. The van der Waals surface area contributed by atoms with Gasteiger partial charge in [0.2, 0.25) is 0 Å². The lowest BCUT2D eigenvalue weighted by atomic mass is 10.0. The Morgan fingerprint density at radius 1 is 1.40 bits per heavy atom. The van der Waals surface area contributed by atoms with Crippen molar-refractivity contribution in [3.63, 3.8) is 0 Å². The summed E-state index contributed by atoms with van der Waals surface area (Å²) < 4.78 is 1.87. The Morgan fingerprint density at radius 3 is 2.67 bits per heavy atom. The molecule has 15 heavy (non-hydrogen) atoms. The summed E-state index contributed by atoms with van der Waals surface area (Å²) in [6.07, 6.45) is 5.25. The Hall–Kier alpha value is -0.830. The number of aryl methyl sites for hydroxylation is 1. The van der Waals surface area contributed by atoms with E-state index in [4.69, 9.17) is 0 Å². The fraction of sp³-hybridized carbons (Fsp3) is 0.750. The lowest BCUT2D eigenvalue weighted by molar-refractivity contribution is 0.525. The maximum absolute atomic E-state index is 4.19. The van der Waals surface area contributed by atoms with Crippen LogP contribution in [-0.2, 0) is 7.05 Å². The molecule has 0 radical (unpaired) electrons. The van der Waals surface area contributed by atoms with Gasteiger partial charge in [0.25, 0.3) is 0 Å². The zero-order chi connectivity index (χ0) is 11.3. The van der Waals surface area contributed by atoms with E-state index in [2.05, 4.69) is 37.4 Å². The van der Waals surface area contributed by atoms with Gasteiger partial charge in [0.1, 0.15) is 0 Å². The van der Waals surface area contributed by atoms with Crippen LogP contribution in [0.5, 0.6) is 0 Å². The third-order valence-corrected chi connectivity index (χ3v) is 2.60. The molecule has 0 bridgehead atoms. The van der Waals surface area contributed by atoms with Crippen LogP contribution in [0.2, 0.25) is 0 Å². The first-order valence-corrected chi connectivity index (χ1v) is 5.79. The molecule has 86 valence electrons. The standard InChI is InChI=1S/C12H23N3/c1-10(2)7-13-6-5-11(3)12-8-14-15(4)9-12/h8-11,13H,5-7H2,1-4H3. The monoisotopic (exact) mass is 209 g/mol. The number of hydrogen-bond donors (Lipinski definition) is 1. The molecule has 0 amide bonds. The van der Waals surface area contributed by atoms with Gasteiger partial charge in [0, 0.05) is 13.2 Å². The summed E-state index contributed by atoms with van der Waals surface area (Å²) >= 11 is 0. The van der Waals surface area contributed by atoms with Crippen molar-refractivity contribution in [1.29, 1.82) is 0 Å². The van der Waals surface area contributed by atoms with Crippen molar-refractivity contribution in [2.75, 3.05) is 13.1 Å². The molecule has 3 nitrogen and oxygen atoms in total. The average molecular weight is 209 g/mol. The van der Waals surface area contributed by atoms with Crippen molar-refractivity contribution >= 4 is 0 Å². The van der Waals surface area contributed by atoms with Crippen LogP contribution < -0.4 is 5.32 Å². The zero-order valence-corrected chi connectivity index (χ0v) is 10.3. The van der Waals surface area contributed by atoms with Crippen LogP contribution in [0.4, 0.5) is 0 Å². The highest BCUT2D eigenvalue weighted by molar-refractivity contribution is 5.09. The Kier molecular flexibility index (Phi) is 4.82. The largest absolute Gasteiger partial charge is 0.316 e. The zero-order valence-electron chi connectivity index (χ0n) is 10.3. The first-order valence-electron chi connectivity index (χ1n) is 5.79. The summed E-state index contributed by atoms with van der Waals surface area (Å²) in [5.41, 5.74) is 1.34. The second-order valence-corrected chi connectivity index (χ2v) is 4.74. The minimum Gasteiger partial charge on any atom is -0.316 e. The quantitative estimate of drug-likeness (QED) is 0.728. The van der Waals surface area contributed by atoms with Crippen molar-refractivity contribution in [3.8, 4) is 0 Å². The summed E-state index contributed by atoms with van der Waals surface area (Å²) in [6, 6.07) is 0. The van der Waals surface area contributed by atoms with Crippen molar-refractivity contribution < 1.29 is 0 Å². The first-order chi connectivity index (χ1) is 7.09. The third kappa shape index (κ3) is 4.47. The van der Waals surface area contributed by atoms with E-state index in [9.17, 15) is 0 Å². The predicted octanol–water partition coefficient (Wildman–Crippen LogP) is 2.16. The Balaban J connectivity index is 2.21. The van der Waals surface area contributed by atoms with Crippen LogP contribution in [0.3, 0.4) is 0 Å². The van der Waals surface area contributed by atoms with Crippen molar-refractivity contribution in [1.82, 2.24) is 15.1 Å². The van der Waals surface area contributed by atoms with Gasteiger partial charge in [-0.2, -0.15) is 5.10 Å². The molecule has 3 heteroatoms. The summed E-state index contributed by atoms with van der Waals surface area (Å²) in [5, 5.41) is 7.66. The summed E-state index contributed by atoms with van der Waals surface area (Å²) in [4.78, 5) is 0. The lowest BCUT2D eigenvalue weighted by Gasteiger charge is -2.11. The highest BCUT2D eigenvalue weighted by atomic mass is 15.2. The topological polar surface area (TPSA) is 29.9 Å². The molecule has 0 aliphatic heterocycles. The Bertz CT molecular complexity index is 278. The van der Waals surface area contributed by atoms with Gasteiger partial charge in [-0.05, 0) is 36.9 Å². The van der Waals surface area contributed by atoms with E-state index < -0.39 is 0 Å². The van der Waals surface area contributed by atoms with E-state index >= 15 is 0 Å². The molecule has 0 aliphatic carbocycles. The molecule has 0 spiro atoms. The molecular formula is C12H23N3. The van der Waals surface area contributed by atoms with Crippen LogP contribution in [0.1, 0.15) is 38.7 Å². The van der Waals surface area contributed by atoms with E-state index in [1.165, 1.54) is 12.0 Å². The molecule has 1 unspecified atom stereocenters. The minimum absolute atomic E-state index is 0.596. The van der Waals surface area contributed by atoms with Crippen molar-refractivity contribution in [2.45, 2.75) is 33.1 Å². The number of nitrogens with one attached hydrogen (secondary N) is 1. The number of aromatic nitrogens is 2. The van der Waals surface area contributed by atoms with Crippen LogP contribution in [0.15, 0.2) is 12.4 Å². The minimum atomic E-state index is 0.596. The van der Waals surface area contributed by atoms with E-state index in [0.29, 0.717) is 5.92 Å². The molecule has 0 saturated carbocycles. The van der Waals surface area contributed by atoms with Crippen LogP contribution in [0, 0.1) is 5.92 Å². The molecule has 0 aliphatic rings. The molecule has 1 N–H and O–H groups in total. The van der Waals surface area contributed by atoms with Gasteiger partial charge in [0.05, 0.1) is 6.20 Å². The number of nitrogens with zero attached hydrogens (tertiary/aromatic N) is 2. The van der Waals surface area contributed by atoms with Gasteiger partial charge in [-0.1, -0.05) is 20.8 Å². The van der Waals surface area contributed by atoms with Crippen molar-refractivity contribution in [2.24, 2.45) is 13.0 Å². The highest BCUT2D eigenvalue weighted by Gasteiger charge is 2.06. The summed E-state index contributed by atoms with van der Waals surface area (Å²) in [5.74, 6) is 1.33. The first kappa shape index (κ1) is 12.2. The van der Waals surface area contributed by atoms with Gasteiger partial charge in [0.15, 0.2) is 0 Å². The van der Waals surface area contributed by atoms with Gasteiger partial charge in [-0.3, -0.25) is 4.68 Å². The molecule has 1 heterocycles. The molecule has 1 rings (SSSR count). The predicted molar refractivity (Wildman–Crippen MR) is 63.9 cm³/mol. The summed E-state index contributed by atoms with van der Waals surface area (Å²) in [6.45, 7) is 8.93. The van der Waals surface area contributed by atoms with Crippen molar-refractivity contribution in [3.05, 3.63) is 18.0 Å². The van der Waals surface area contributed by atoms with E-state index in [0.717, 1.165) is 19.0 Å². The Morgan fingerprint density at radius 2 is 2.13 bits per heavy atom. The van der Waals surface area contributed by atoms with Crippen LogP contribution in [0.25, 0.3) is 0 Å². The van der Waals surface area contributed by atoms with Crippen LogP contribution >= 0.6 is 0 Å². The highest BCUT2D eigenvalue weighted by Crippen LogP contribution is 2.16. The van der Waals surface area contributed by atoms with Gasteiger partial charge >= 0.3 is 0 Å².